The van der Waals surface area contributed by atoms with Gasteiger partial charge in [-0.3, -0.25) is 4.98 Å². The molecule has 2 aliphatic rings. The maximum Gasteiger partial charge on any atom is 0.496 e. The fourth-order valence-electron chi connectivity index (χ4n) is 2.94. The minimum absolute atomic E-state index is 0.141. The first-order valence-corrected chi connectivity index (χ1v) is 7.54. The number of hydrogen-bond acceptors (Lipinski definition) is 3. The molecule has 0 atom stereocenters. The number of alkyl halides is 3. The lowest BCUT2D eigenvalue weighted by Crippen LogP contribution is -2.41. The van der Waals surface area contributed by atoms with Gasteiger partial charge in [-0.2, -0.15) is 13.2 Å². The molecule has 2 heterocycles. The lowest BCUT2D eigenvalue weighted by Gasteiger charge is -2.32. The predicted octanol–water partition coefficient (Wildman–Crippen LogP) is 3.27. The summed E-state index contributed by atoms with van der Waals surface area (Å²) >= 11 is 0. The second-order valence-corrected chi connectivity index (χ2v) is 7.18. The summed E-state index contributed by atoms with van der Waals surface area (Å²) in [5.74, 6) is 0. The van der Waals surface area contributed by atoms with Crippen LogP contribution in [-0.2, 0) is 15.7 Å². The molecule has 1 aromatic heterocycles. The lowest BCUT2D eigenvalue weighted by molar-refractivity contribution is -0.0691. The summed E-state index contributed by atoms with van der Waals surface area (Å²) in [7, 11) is -0.715. The van der Waals surface area contributed by atoms with Gasteiger partial charge in [-0.25, -0.2) is 0 Å². The Balaban J connectivity index is 1.99. The van der Waals surface area contributed by atoms with Crippen molar-refractivity contribution in [2.24, 2.45) is 0 Å². The van der Waals surface area contributed by atoms with Crippen molar-refractivity contribution in [3.63, 3.8) is 0 Å². The number of aromatic nitrogens is 1. The highest BCUT2D eigenvalue weighted by atomic mass is 19.4. The quantitative estimate of drug-likeness (QED) is 0.743. The number of hydrogen-bond donors (Lipinski definition) is 0. The topological polar surface area (TPSA) is 31.4 Å². The summed E-state index contributed by atoms with van der Waals surface area (Å²) in [4.78, 5) is 4.21. The zero-order valence-electron chi connectivity index (χ0n) is 13.8. The van der Waals surface area contributed by atoms with E-state index in [2.05, 4.69) is 4.98 Å². The Morgan fingerprint density at radius 2 is 1.70 bits per heavy atom. The van der Waals surface area contributed by atoms with E-state index >= 15 is 0 Å². The third-order valence-corrected chi connectivity index (χ3v) is 4.93. The van der Waals surface area contributed by atoms with Crippen LogP contribution < -0.4 is 5.46 Å². The Morgan fingerprint density at radius 1 is 1.13 bits per heavy atom. The molecule has 0 spiro atoms. The molecule has 0 unspecified atom stereocenters. The normalized spacial score (nSPS) is 22.7. The summed E-state index contributed by atoms with van der Waals surface area (Å²) in [5, 5.41) is 0. The average molecular weight is 325 g/mol. The van der Waals surface area contributed by atoms with Gasteiger partial charge in [0.15, 0.2) is 0 Å². The van der Waals surface area contributed by atoms with E-state index < -0.39 is 30.1 Å². The molecule has 0 bridgehead atoms. The van der Waals surface area contributed by atoms with Crippen molar-refractivity contribution in [2.75, 3.05) is 0 Å². The van der Waals surface area contributed by atoms with Gasteiger partial charge in [0.25, 0.3) is 0 Å². The van der Waals surface area contributed by atoms with Gasteiger partial charge >= 0.3 is 13.3 Å². The largest absolute Gasteiger partial charge is 0.496 e. The van der Waals surface area contributed by atoms with Gasteiger partial charge < -0.3 is 9.31 Å². The first-order valence-electron chi connectivity index (χ1n) is 7.54. The molecule has 1 aromatic rings. The van der Waals surface area contributed by atoms with Crippen molar-refractivity contribution in [3.8, 4) is 0 Å². The standard InChI is InChI=1S/C16H19BF3NO2/c1-9-6-12-11(13(9)16(18,19)20)7-10(8-21-12)17-22-14(2,3)15(4,5)23-17/h7-8H,6H2,1-5H3. The third kappa shape index (κ3) is 2.60. The molecule has 0 radical (unpaired) electrons. The fourth-order valence-corrected chi connectivity index (χ4v) is 2.94. The summed E-state index contributed by atoms with van der Waals surface area (Å²) in [5.41, 5.74) is -0.273. The van der Waals surface area contributed by atoms with E-state index in [4.69, 9.17) is 9.31 Å². The molecule has 23 heavy (non-hydrogen) atoms. The van der Waals surface area contributed by atoms with E-state index in [0.29, 0.717) is 16.7 Å². The summed E-state index contributed by atoms with van der Waals surface area (Å²) in [6.07, 6.45) is -2.60. The van der Waals surface area contributed by atoms with Crippen LogP contribution in [0, 0.1) is 0 Å². The van der Waals surface area contributed by atoms with Crippen LogP contribution in [0.2, 0.25) is 0 Å². The van der Waals surface area contributed by atoms with Crippen LogP contribution in [0.25, 0.3) is 5.57 Å². The van der Waals surface area contributed by atoms with E-state index in [-0.39, 0.29) is 12.0 Å². The Labute approximate surface area is 134 Å². The van der Waals surface area contributed by atoms with Crippen LogP contribution in [0.5, 0.6) is 0 Å². The fraction of sp³-hybridized carbons (Fsp3) is 0.562. The van der Waals surface area contributed by atoms with Crippen molar-refractivity contribution < 1.29 is 22.5 Å². The number of fused-ring (bicyclic) bond motifs is 1. The molecule has 0 aromatic carbocycles. The number of rotatable bonds is 1. The van der Waals surface area contributed by atoms with E-state index in [1.165, 1.54) is 13.0 Å². The Hall–Kier alpha value is -1.34. The summed E-state index contributed by atoms with van der Waals surface area (Å²) in [6, 6.07) is 1.50. The molecule has 124 valence electrons. The van der Waals surface area contributed by atoms with Gasteiger partial charge in [0.05, 0.1) is 22.5 Å². The zero-order chi connectivity index (χ0) is 17.2. The highest BCUT2D eigenvalue weighted by molar-refractivity contribution is 6.62. The molecule has 7 heteroatoms. The van der Waals surface area contributed by atoms with E-state index in [1.54, 1.807) is 6.20 Å². The van der Waals surface area contributed by atoms with Crippen molar-refractivity contribution in [3.05, 3.63) is 29.1 Å². The number of pyridine rings is 1. The second-order valence-electron chi connectivity index (χ2n) is 7.18. The highest BCUT2D eigenvalue weighted by Gasteiger charge is 2.52. The molecule has 0 amide bonds. The van der Waals surface area contributed by atoms with E-state index in [0.717, 1.165) is 0 Å². The number of halogens is 3. The third-order valence-electron chi connectivity index (χ3n) is 4.93. The van der Waals surface area contributed by atoms with E-state index in [9.17, 15) is 13.2 Å². The second kappa shape index (κ2) is 4.83. The van der Waals surface area contributed by atoms with Gasteiger partial charge in [0, 0.05) is 23.6 Å². The zero-order valence-corrected chi connectivity index (χ0v) is 13.8. The van der Waals surface area contributed by atoms with Crippen LogP contribution in [0.15, 0.2) is 17.8 Å². The lowest BCUT2D eigenvalue weighted by atomic mass is 9.79. The van der Waals surface area contributed by atoms with Crippen LogP contribution in [0.3, 0.4) is 0 Å². The minimum Gasteiger partial charge on any atom is -0.399 e. The van der Waals surface area contributed by atoms with Crippen molar-refractivity contribution >= 4 is 18.2 Å². The Kier molecular flexibility index (Phi) is 3.47. The van der Waals surface area contributed by atoms with Gasteiger partial charge in [-0.05, 0) is 34.6 Å². The maximum atomic E-state index is 13.3. The van der Waals surface area contributed by atoms with Crippen LogP contribution in [-0.4, -0.2) is 29.5 Å². The number of allylic oxidation sites excluding steroid dienone is 2. The van der Waals surface area contributed by atoms with Gasteiger partial charge in [-0.1, -0.05) is 11.6 Å². The first kappa shape index (κ1) is 16.5. The van der Waals surface area contributed by atoms with E-state index in [1.807, 2.05) is 27.7 Å². The Morgan fingerprint density at radius 3 is 2.22 bits per heavy atom. The molecular formula is C16H19BF3NO2. The molecule has 3 rings (SSSR count). The van der Waals surface area contributed by atoms with Gasteiger partial charge in [0.1, 0.15) is 0 Å². The van der Waals surface area contributed by atoms with Crippen molar-refractivity contribution in [2.45, 2.75) is 58.4 Å². The molecule has 1 fully saturated rings. The van der Waals surface area contributed by atoms with Crippen LogP contribution in [0.1, 0.15) is 45.9 Å². The molecule has 0 saturated carbocycles. The van der Waals surface area contributed by atoms with Crippen LogP contribution in [0.4, 0.5) is 13.2 Å². The predicted molar refractivity (Wildman–Crippen MR) is 82.3 cm³/mol. The molecule has 0 N–H and O–H groups in total. The minimum atomic E-state index is -4.38. The highest BCUT2D eigenvalue weighted by Crippen LogP contribution is 2.43. The van der Waals surface area contributed by atoms with Gasteiger partial charge in [-0.15, -0.1) is 0 Å². The van der Waals surface area contributed by atoms with Crippen LogP contribution >= 0.6 is 0 Å². The molecule has 1 aliphatic carbocycles. The number of nitrogens with zero attached hydrogens (tertiary/aromatic N) is 1. The summed E-state index contributed by atoms with van der Waals surface area (Å²) in [6.45, 7) is 9.11. The molecular weight excluding hydrogens is 306 g/mol. The first-order chi connectivity index (χ1) is 10.4. The Bertz CT molecular complexity index is 679. The van der Waals surface area contributed by atoms with Crippen molar-refractivity contribution in [1.82, 2.24) is 4.98 Å². The van der Waals surface area contributed by atoms with Gasteiger partial charge in [0.2, 0.25) is 0 Å². The van der Waals surface area contributed by atoms with Crippen molar-refractivity contribution in [1.29, 1.82) is 0 Å². The molecule has 1 saturated heterocycles. The SMILES string of the molecule is CC1=C(C(F)(F)F)c2cc(B3OC(C)(C)C(C)(C)O3)cnc2C1. The monoisotopic (exact) mass is 325 g/mol. The molecule has 3 nitrogen and oxygen atoms in total. The summed E-state index contributed by atoms with van der Waals surface area (Å²) < 4.78 is 51.7. The maximum absolute atomic E-state index is 13.3. The average Bonchev–Trinajstić information content (AvgIpc) is 2.81. The smallest absolute Gasteiger partial charge is 0.399 e. The molecule has 1 aliphatic heterocycles.